The molecule has 0 unspecified atom stereocenters. The van der Waals surface area contributed by atoms with Crippen LogP contribution in [0, 0.1) is 0 Å². The van der Waals surface area contributed by atoms with Gasteiger partial charge in [-0.05, 0) is 17.7 Å². The Morgan fingerprint density at radius 2 is 1.86 bits per heavy atom. The number of hydrogen-bond donors (Lipinski definition) is 1. The van der Waals surface area contributed by atoms with E-state index in [4.69, 9.17) is 0 Å². The average molecular weight is 183 g/mol. The van der Waals surface area contributed by atoms with Crippen LogP contribution in [0.4, 0.5) is 5.69 Å². The summed E-state index contributed by atoms with van der Waals surface area (Å²) in [5, 5.41) is 3.30. The molecule has 1 N–H and O–H groups in total. The van der Waals surface area contributed by atoms with Crippen LogP contribution in [0.15, 0.2) is 30.6 Å². The van der Waals surface area contributed by atoms with E-state index < -0.39 is 0 Å². The maximum atomic E-state index is 4.27. The second-order valence-corrected chi connectivity index (χ2v) is 3.27. The number of nitrogens with zero attached hydrogens (tertiary/aromatic N) is 2. The predicted molar refractivity (Wildman–Crippen MR) is 57.1 cm³/mol. The molecule has 3 rings (SSSR count). The molecule has 2 aromatic rings. The first-order valence-corrected chi connectivity index (χ1v) is 4.59. The SMILES string of the molecule is C1=Cc2cc3nccnc3cc2NC1. The molecule has 3 nitrogen and oxygen atoms in total. The van der Waals surface area contributed by atoms with Gasteiger partial charge in [-0.2, -0.15) is 0 Å². The van der Waals surface area contributed by atoms with Gasteiger partial charge in [0.05, 0.1) is 11.0 Å². The molecule has 1 aliphatic heterocycles. The van der Waals surface area contributed by atoms with Gasteiger partial charge in [0.25, 0.3) is 0 Å². The molecule has 0 radical (unpaired) electrons. The van der Waals surface area contributed by atoms with E-state index >= 15 is 0 Å². The van der Waals surface area contributed by atoms with Gasteiger partial charge >= 0.3 is 0 Å². The molecule has 0 bridgehead atoms. The van der Waals surface area contributed by atoms with E-state index in [-0.39, 0.29) is 0 Å². The van der Waals surface area contributed by atoms with Crippen molar-refractivity contribution in [1.82, 2.24) is 9.97 Å². The summed E-state index contributed by atoms with van der Waals surface area (Å²) in [7, 11) is 0. The number of rotatable bonds is 0. The second-order valence-electron chi connectivity index (χ2n) is 3.27. The summed E-state index contributed by atoms with van der Waals surface area (Å²) in [6.45, 7) is 0.888. The third kappa shape index (κ3) is 1.06. The zero-order valence-corrected chi connectivity index (χ0v) is 7.57. The van der Waals surface area contributed by atoms with Gasteiger partial charge in [0, 0.05) is 24.6 Å². The van der Waals surface area contributed by atoms with E-state index in [9.17, 15) is 0 Å². The highest BCUT2D eigenvalue weighted by molar-refractivity contribution is 5.85. The summed E-state index contributed by atoms with van der Waals surface area (Å²) in [5.41, 5.74) is 4.21. The van der Waals surface area contributed by atoms with Crippen molar-refractivity contribution in [3.05, 3.63) is 36.2 Å². The second kappa shape index (κ2) is 2.80. The number of aromatic nitrogens is 2. The Hall–Kier alpha value is -1.90. The first-order chi connectivity index (χ1) is 6.93. The van der Waals surface area contributed by atoms with Crippen LogP contribution in [0.3, 0.4) is 0 Å². The van der Waals surface area contributed by atoms with Gasteiger partial charge in [0.2, 0.25) is 0 Å². The normalized spacial score (nSPS) is 13.7. The van der Waals surface area contributed by atoms with Crippen molar-refractivity contribution in [2.24, 2.45) is 0 Å². The number of hydrogen-bond acceptors (Lipinski definition) is 3. The van der Waals surface area contributed by atoms with Crippen molar-refractivity contribution in [2.45, 2.75) is 0 Å². The Kier molecular flexibility index (Phi) is 1.50. The van der Waals surface area contributed by atoms with Crippen molar-refractivity contribution >= 4 is 22.8 Å². The molecule has 0 fully saturated rings. The van der Waals surface area contributed by atoms with Crippen molar-refractivity contribution in [2.75, 3.05) is 11.9 Å². The van der Waals surface area contributed by atoms with Crippen molar-refractivity contribution < 1.29 is 0 Å². The Bertz CT molecular complexity index is 517. The minimum Gasteiger partial charge on any atom is -0.381 e. The standard InChI is InChI=1S/C11H9N3/c1-2-8-6-10-11(14-5-4-13-10)7-9(8)12-3-1/h1-2,4-7,12H,3H2. The number of nitrogens with one attached hydrogen (secondary N) is 1. The van der Waals surface area contributed by atoms with Crippen molar-refractivity contribution in [3.8, 4) is 0 Å². The first-order valence-electron chi connectivity index (χ1n) is 4.59. The fourth-order valence-corrected chi connectivity index (χ4v) is 1.67. The fraction of sp³-hybridized carbons (Fsp3) is 0.0909. The van der Waals surface area contributed by atoms with Crippen molar-refractivity contribution in [3.63, 3.8) is 0 Å². The molecular weight excluding hydrogens is 174 g/mol. The van der Waals surface area contributed by atoms with Crippen molar-refractivity contribution in [1.29, 1.82) is 0 Å². The van der Waals surface area contributed by atoms with E-state index in [0.29, 0.717) is 0 Å². The monoisotopic (exact) mass is 183 g/mol. The molecular formula is C11H9N3. The van der Waals surface area contributed by atoms with Gasteiger partial charge in [-0.1, -0.05) is 12.2 Å². The molecule has 3 heteroatoms. The van der Waals surface area contributed by atoms with Gasteiger partial charge in [0.1, 0.15) is 0 Å². The van der Waals surface area contributed by atoms with Gasteiger partial charge in [-0.15, -0.1) is 0 Å². The molecule has 2 heterocycles. The van der Waals surface area contributed by atoms with Gasteiger partial charge in [0.15, 0.2) is 0 Å². The van der Waals surface area contributed by atoms with E-state index in [2.05, 4.69) is 33.5 Å². The minimum atomic E-state index is 0.888. The molecule has 14 heavy (non-hydrogen) atoms. The zero-order valence-electron chi connectivity index (χ0n) is 7.57. The minimum absolute atomic E-state index is 0.888. The Balaban J connectivity index is 2.34. The van der Waals surface area contributed by atoms with Gasteiger partial charge in [-0.25, -0.2) is 0 Å². The smallest absolute Gasteiger partial charge is 0.0907 e. The number of anilines is 1. The summed E-state index contributed by atoms with van der Waals surface area (Å²) in [4.78, 5) is 8.53. The lowest BCUT2D eigenvalue weighted by atomic mass is 10.1. The van der Waals surface area contributed by atoms with Crippen LogP contribution in [-0.4, -0.2) is 16.5 Å². The molecule has 1 aromatic heterocycles. The van der Waals surface area contributed by atoms with Crippen LogP contribution in [0.5, 0.6) is 0 Å². The lowest BCUT2D eigenvalue weighted by Gasteiger charge is -2.12. The lowest BCUT2D eigenvalue weighted by Crippen LogP contribution is -2.04. The summed E-state index contributed by atoms with van der Waals surface area (Å²) in [6, 6.07) is 4.10. The third-order valence-corrected chi connectivity index (χ3v) is 2.35. The zero-order chi connectivity index (χ0) is 9.38. The predicted octanol–water partition coefficient (Wildman–Crippen LogP) is 2.07. The fourth-order valence-electron chi connectivity index (χ4n) is 1.67. The topological polar surface area (TPSA) is 37.8 Å². The summed E-state index contributed by atoms with van der Waals surface area (Å²) < 4.78 is 0. The van der Waals surface area contributed by atoms with Gasteiger partial charge in [-0.3, -0.25) is 9.97 Å². The highest BCUT2D eigenvalue weighted by Crippen LogP contribution is 2.24. The van der Waals surface area contributed by atoms with Crippen LogP contribution >= 0.6 is 0 Å². The molecule has 1 aromatic carbocycles. The Morgan fingerprint density at radius 1 is 1.07 bits per heavy atom. The maximum absolute atomic E-state index is 4.27. The highest BCUT2D eigenvalue weighted by atomic mass is 14.9. The van der Waals surface area contributed by atoms with Crippen LogP contribution < -0.4 is 5.32 Å². The maximum Gasteiger partial charge on any atom is 0.0907 e. The van der Waals surface area contributed by atoms with Crippen LogP contribution in [0.2, 0.25) is 0 Å². The summed E-state index contributed by atoms with van der Waals surface area (Å²) >= 11 is 0. The molecule has 0 spiro atoms. The molecule has 0 saturated heterocycles. The van der Waals surface area contributed by atoms with E-state index in [0.717, 1.165) is 23.3 Å². The van der Waals surface area contributed by atoms with Crippen LogP contribution in [-0.2, 0) is 0 Å². The molecule has 0 amide bonds. The van der Waals surface area contributed by atoms with Crippen LogP contribution in [0.1, 0.15) is 5.56 Å². The molecule has 0 atom stereocenters. The Labute approximate surface area is 81.5 Å². The molecule has 0 aliphatic carbocycles. The summed E-state index contributed by atoms with van der Waals surface area (Å²) in [5.74, 6) is 0. The first kappa shape index (κ1) is 7.50. The Morgan fingerprint density at radius 3 is 2.71 bits per heavy atom. The summed E-state index contributed by atoms with van der Waals surface area (Å²) in [6.07, 6.45) is 7.65. The quantitative estimate of drug-likeness (QED) is 0.679. The third-order valence-electron chi connectivity index (χ3n) is 2.35. The number of fused-ring (bicyclic) bond motifs is 2. The molecule has 0 saturated carbocycles. The lowest BCUT2D eigenvalue weighted by molar-refractivity contribution is 1.27. The number of benzene rings is 1. The van der Waals surface area contributed by atoms with Crippen LogP contribution in [0.25, 0.3) is 17.1 Å². The van der Waals surface area contributed by atoms with E-state index in [1.807, 2.05) is 6.07 Å². The molecule has 1 aliphatic rings. The molecule has 68 valence electrons. The highest BCUT2D eigenvalue weighted by Gasteiger charge is 2.05. The van der Waals surface area contributed by atoms with Gasteiger partial charge < -0.3 is 5.32 Å². The largest absolute Gasteiger partial charge is 0.381 e. The average Bonchev–Trinajstić information content (AvgIpc) is 2.26. The van der Waals surface area contributed by atoms with E-state index in [1.54, 1.807) is 12.4 Å². The van der Waals surface area contributed by atoms with E-state index in [1.165, 1.54) is 5.56 Å².